The first kappa shape index (κ1) is 18.4. The van der Waals surface area contributed by atoms with Gasteiger partial charge in [-0.25, -0.2) is 0 Å². The zero-order valence-electron chi connectivity index (χ0n) is 14.2. The fourth-order valence-electron chi connectivity index (χ4n) is 2.54. The van der Waals surface area contributed by atoms with E-state index < -0.39 is 0 Å². The van der Waals surface area contributed by atoms with Gasteiger partial charge in [0.05, 0.1) is 5.92 Å². The Kier molecular flexibility index (Phi) is 7.22. The number of hydrogen-bond acceptors (Lipinski definition) is 3. The van der Waals surface area contributed by atoms with Gasteiger partial charge in [0.1, 0.15) is 0 Å². The SMILES string of the molecule is CN(C)CCCNC(=O)C(Cc1cccnc1)c1ccc(Cl)cc1. The predicted octanol–water partition coefficient (Wildman–Crippen LogP) is 3.13. The van der Waals surface area contributed by atoms with Crippen molar-refractivity contribution in [2.24, 2.45) is 0 Å². The highest BCUT2D eigenvalue weighted by atomic mass is 35.5. The Hall–Kier alpha value is -1.91. The molecule has 0 spiro atoms. The maximum absolute atomic E-state index is 12.7. The third kappa shape index (κ3) is 5.95. The number of nitrogens with zero attached hydrogens (tertiary/aromatic N) is 2. The highest BCUT2D eigenvalue weighted by Crippen LogP contribution is 2.23. The zero-order valence-corrected chi connectivity index (χ0v) is 15.0. The van der Waals surface area contributed by atoms with E-state index in [1.54, 1.807) is 6.20 Å². The van der Waals surface area contributed by atoms with E-state index in [9.17, 15) is 4.79 Å². The Labute approximate surface area is 148 Å². The second kappa shape index (κ2) is 9.40. The molecule has 1 aromatic heterocycles. The first-order valence-corrected chi connectivity index (χ1v) is 8.51. The Morgan fingerprint density at radius 2 is 2.00 bits per heavy atom. The quantitative estimate of drug-likeness (QED) is 0.748. The molecular weight excluding hydrogens is 322 g/mol. The van der Waals surface area contributed by atoms with Crippen LogP contribution in [-0.4, -0.2) is 43.0 Å². The number of halogens is 1. The third-order valence-electron chi connectivity index (χ3n) is 3.83. The maximum atomic E-state index is 12.7. The van der Waals surface area contributed by atoms with Gasteiger partial charge in [-0.2, -0.15) is 0 Å². The molecule has 0 aliphatic carbocycles. The Bertz CT molecular complexity index is 629. The van der Waals surface area contributed by atoms with Gasteiger partial charge in [-0.1, -0.05) is 29.8 Å². The van der Waals surface area contributed by atoms with E-state index in [1.807, 2.05) is 56.7 Å². The second-order valence-electron chi connectivity index (χ2n) is 6.12. The van der Waals surface area contributed by atoms with Crippen molar-refractivity contribution in [3.05, 3.63) is 64.9 Å². The van der Waals surface area contributed by atoms with E-state index in [1.165, 1.54) is 0 Å². The molecule has 0 radical (unpaired) electrons. The van der Waals surface area contributed by atoms with E-state index in [-0.39, 0.29) is 11.8 Å². The first-order valence-electron chi connectivity index (χ1n) is 8.13. The largest absolute Gasteiger partial charge is 0.356 e. The monoisotopic (exact) mass is 345 g/mol. The fraction of sp³-hybridized carbons (Fsp3) is 0.368. The van der Waals surface area contributed by atoms with E-state index in [0.717, 1.165) is 24.1 Å². The van der Waals surface area contributed by atoms with Crippen LogP contribution in [0.1, 0.15) is 23.5 Å². The number of amides is 1. The minimum absolute atomic E-state index is 0.0416. The molecule has 2 rings (SSSR count). The molecule has 1 N–H and O–H groups in total. The summed E-state index contributed by atoms with van der Waals surface area (Å²) in [7, 11) is 4.06. The lowest BCUT2D eigenvalue weighted by molar-refractivity contribution is -0.122. The first-order chi connectivity index (χ1) is 11.6. The van der Waals surface area contributed by atoms with Gasteiger partial charge in [0, 0.05) is 24.0 Å². The number of benzene rings is 1. The lowest BCUT2D eigenvalue weighted by Gasteiger charge is -2.18. The molecule has 1 aromatic carbocycles. The van der Waals surface area contributed by atoms with Crippen LogP contribution in [0.15, 0.2) is 48.8 Å². The molecular formula is C19H24ClN3O. The molecule has 4 nitrogen and oxygen atoms in total. The number of carbonyl (C=O) groups excluding carboxylic acids is 1. The number of aromatic nitrogens is 1. The molecule has 1 amide bonds. The van der Waals surface area contributed by atoms with Crippen molar-refractivity contribution in [3.8, 4) is 0 Å². The van der Waals surface area contributed by atoms with Gasteiger partial charge >= 0.3 is 0 Å². The minimum atomic E-state index is -0.245. The fourth-order valence-corrected chi connectivity index (χ4v) is 2.67. The Morgan fingerprint density at radius 1 is 1.25 bits per heavy atom. The number of pyridine rings is 1. The summed E-state index contributed by atoms with van der Waals surface area (Å²) in [6.45, 7) is 1.63. The number of hydrogen-bond donors (Lipinski definition) is 1. The smallest absolute Gasteiger partial charge is 0.227 e. The van der Waals surface area contributed by atoms with Crippen molar-refractivity contribution in [1.29, 1.82) is 0 Å². The van der Waals surface area contributed by atoms with E-state index in [4.69, 9.17) is 11.6 Å². The van der Waals surface area contributed by atoms with E-state index in [0.29, 0.717) is 18.0 Å². The van der Waals surface area contributed by atoms with Gasteiger partial charge in [-0.05, 0) is 62.8 Å². The summed E-state index contributed by atoms with van der Waals surface area (Å²) in [5.74, 6) is -0.203. The molecule has 128 valence electrons. The zero-order chi connectivity index (χ0) is 17.4. The standard InChI is InChI=1S/C19H24ClN3O/c1-23(2)12-4-11-22-19(24)18(13-15-5-3-10-21-14-15)16-6-8-17(20)9-7-16/h3,5-10,14,18H,4,11-13H2,1-2H3,(H,22,24). The molecule has 1 unspecified atom stereocenters. The third-order valence-corrected chi connectivity index (χ3v) is 4.08. The summed E-state index contributed by atoms with van der Waals surface area (Å²) < 4.78 is 0. The summed E-state index contributed by atoms with van der Waals surface area (Å²) >= 11 is 5.97. The van der Waals surface area contributed by atoms with Crippen LogP contribution in [0.4, 0.5) is 0 Å². The molecule has 1 atom stereocenters. The molecule has 0 saturated carbocycles. The van der Waals surface area contributed by atoms with Gasteiger partial charge in [0.15, 0.2) is 0 Å². The summed E-state index contributed by atoms with van der Waals surface area (Å²) in [4.78, 5) is 19.0. The molecule has 0 aliphatic rings. The van der Waals surface area contributed by atoms with Crippen molar-refractivity contribution in [2.45, 2.75) is 18.8 Å². The normalized spacial score (nSPS) is 12.2. The van der Waals surface area contributed by atoms with Crippen molar-refractivity contribution in [1.82, 2.24) is 15.2 Å². The van der Waals surface area contributed by atoms with Crippen molar-refractivity contribution in [2.75, 3.05) is 27.2 Å². The summed E-state index contributed by atoms with van der Waals surface area (Å²) in [5, 5.41) is 3.72. The Balaban J connectivity index is 2.07. The van der Waals surface area contributed by atoms with Crippen LogP contribution in [0, 0.1) is 0 Å². The van der Waals surface area contributed by atoms with Crippen LogP contribution in [0.5, 0.6) is 0 Å². The van der Waals surface area contributed by atoms with Gasteiger partial charge in [0.25, 0.3) is 0 Å². The van der Waals surface area contributed by atoms with Gasteiger partial charge in [-0.3, -0.25) is 9.78 Å². The van der Waals surface area contributed by atoms with E-state index in [2.05, 4.69) is 15.2 Å². The van der Waals surface area contributed by atoms with Crippen LogP contribution in [-0.2, 0) is 11.2 Å². The van der Waals surface area contributed by atoms with Crippen molar-refractivity contribution in [3.63, 3.8) is 0 Å². The molecule has 0 bridgehead atoms. The highest BCUT2D eigenvalue weighted by molar-refractivity contribution is 6.30. The average Bonchev–Trinajstić information content (AvgIpc) is 2.58. The lowest BCUT2D eigenvalue weighted by atomic mass is 9.91. The van der Waals surface area contributed by atoms with Gasteiger partial charge in [0.2, 0.25) is 5.91 Å². The molecule has 5 heteroatoms. The van der Waals surface area contributed by atoms with Crippen LogP contribution in [0.25, 0.3) is 0 Å². The Morgan fingerprint density at radius 3 is 2.62 bits per heavy atom. The van der Waals surface area contributed by atoms with Crippen molar-refractivity contribution < 1.29 is 4.79 Å². The van der Waals surface area contributed by atoms with Gasteiger partial charge < -0.3 is 10.2 Å². The average molecular weight is 346 g/mol. The van der Waals surface area contributed by atoms with Crippen LogP contribution < -0.4 is 5.32 Å². The topological polar surface area (TPSA) is 45.2 Å². The molecule has 0 aliphatic heterocycles. The molecule has 1 heterocycles. The van der Waals surface area contributed by atoms with Crippen LogP contribution in [0.2, 0.25) is 5.02 Å². The summed E-state index contributed by atoms with van der Waals surface area (Å²) in [5.41, 5.74) is 2.01. The minimum Gasteiger partial charge on any atom is -0.356 e. The second-order valence-corrected chi connectivity index (χ2v) is 6.55. The summed E-state index contributed by atoms with van der Waals surface area (Å²) in [6.07, 6.45) is 5.10. The van der Waals surface area contributed by atoms with Gasteiger partial charge in [-0.15, -0.1) is 0 Å². The lowest BCUT2D eigenvalue weighted by Crippen LogP contribution is -2.32. The number of carbonyl (C=O) groups is 1. The number of nitrogens with one attached hydrogen (secondary N) is 1. The predicted molar refractivity (Wildman–Crippen MR) is 98.3 cm³/mol. The molecule has 0 saturated heterocycles. The van der Waals surface area contributed by atoms with Crippen molar-refractivity contribution >= 4 is 17.5 Å². The summed E-state index contributed by atoms with van der Waals surface area (Å²) in [6, 6.07) is 11.4. The van der Waals surface area contributed by atoms with Crippen LogP contribution >= 0.6 is 11.6 Å². The highest BCUT2D eigenvalue weighted by Gasteiger charge is 2.21. The van der Waals surface area contributed by atoms with E-state index >= 15 is 0 Å². The molecule has 0 fully saturated rings. The van der Waals surface area contributed by atoms with Crippen LogP contribution in [0.3, 0.4) is 0 Å². The molecule has 2 aromatic rings. The maximum Gasteiger partial charge on any atom is 0.227 e. The molecule has 24 heavy (non-hydrogen) atoms. The number of rotatable bonds is 8.